The van der Waals surface area contributed by atoms with Crippen LogP contribution < -0.4 is 16.2 Å². The van der Waals surface area contributed by atoms with Crippen molar-refractivity contribution in [3.05, 3.63) is 10.4 Å². The molecule has 15 heavy (non-hydrogen) atoms. The van der Waals surface area contributed by atoms with E-state index >= 15 is 0 Å². The molecule has 9 heteroatoms. The van der Waals surface area contributed by atoms with E-state index in [2.05, 4.69) is 9.68 Å². The Morgan fingerprint density at radius 3 is 1.80 bits per heavy atom. The highest BCUT2D eigenvalue weighted by molar-refractivity contribution is 4.66. The third kappa shape index (κ3) is 4.79. The highest BCUT2D eigenvalue weighted by atomic mass is 17.0. The summed E-state index contributed by atoms with van der Waals surface area (Å²) >= 11 is 0. The zero-order valence-electron chi connectivity index (χ0n) is 7.93. The van der Waals surface area contributed by atoms with Crippen LogP contribution >= 0.6 is 0 Å². The lowest BCUT2D eigenvalue weighted by atomic mass is 10.5. The summed E-state index contributed by atoms with van der Waals surface area (Å²) in [5.41, 5.74) is 1.91. The quantitative estimate of drug-likeness (QED) is 0.283. The van der Waals surface area contributed by atoms with Gasteiger partial charge in [0.2, 0.25) is 0 Å². The van der Waals surface area contributed by atoms with Gasteiger partial charge in [-0.3, -0.25) is 0 Å². The maximum atomic E-state index is 10.9. The standard InChI is InChI=1S/C6H13N3O6/c10-8(14-3-5-1-12-5)7-9(11)15-4-6-2-13-6/h5-9H,1-4H2. The van der Waals surface area contributed by atoms with Crippen molar-refractivity contribution in [1.82, 2.24) is 5.53 Å². The van der Waals surface area contributed by atoms with E-state index in [1.807, 2.05) is 5.53 Å². The van der Waals surface area contributed by atoms with Crippen molar-refractivity contribution in [3.8, 4) is 0 Å². The molecule has 88 valence electrons. The average molecular weight is 223 g/mol. The van der Waals surface area contributed by atoms with Crippen LogP contribution in [0.25, 0.3) is 0 Å². The minimum atomic E-state index is -0.827. The van der Waals surface area contributed by atoms with E-state index in [0.717, 1.165) is 0 Å². The van der Waals surface area contributed by atoms with Crippen LogP contribution in [0.5, 0.6) is 0 Å². The fourth-order valence-corrected chi connectivity index (χ4v) is 0.821. The third-order valence-electron chi connectivity index (χ3n) is 1.81. The molecule has 0 saturated carbocycles. The second kappa shape index (κ2) is 5.12. The molecule has 9 nitrogen and oxygen atoms in total. The molecule has 0 amide bonds. The Bertz CT molecular complexity index is 179. The van der Waals surface area contributed by atoms with E-state index < -0.39 is 10.7 Å². The van der Waals surface area contributed by atoms with Crippen LogP contribution in [0, 0.1) is 10.4 Å². The summed E-state index contributed by atoms with van der Waals surface area (Å²) in [6.45, 7) is 1.50. The van der Waals surface area contributed by atoms with E-state index in [9.17, 15) is 10.4 Å². The van der Waals surface area contributed by atoms with Crippen LogP contribution in [-0.4, -0.2) is 38.6 Å². The minimum absolute atomic E-state index is 0.0216. The summed E-state index contributed by atoms with van der Waals surface area (Å²) in [5, 5.41) is 20.2. The number of epoxide rings is 2. The average Bonchev–Trinajstić information content (AvgIpc) is 3.04. The van der Waals surface area contributed by atoms with Gasteiger partial charge < -0.3 is 19.9 Å². The second-order valence-electron chi connectivity index (χ2n) is 3.23. The van der Waals surface area contributed by atoms with Gasteiger partial charge in [0.05, 0.1) is 18.7 Å². The van der Waals surface area contributed by atoms with Gasteiger partial charge in [-0.25, -0.2) is 0 Å². The molecule has 0 aromatic rings. The fourth-order valence-electron chi connectivity index (χ4n) is 0.821. The molecule has 2 rings (SSSR count). The Morgan fingerprint density at radius 1 is 1.07 bits per heavy atom. The molecule has 0 aromatic heterocycles. The van der Waals surface area contributed by atoms with Gasteiger partial charge in [0.15, 0.2) is 0 Å². The molecule has 0 bridgehead atoms. The third-order valence-corrected chi connectivity index (χ3v) is 1.81. The number of nitrogens with one attached hydrogen (secondary N) is 3. The van der Waals surface area contributed by atoms with Crippen molar-refractivity contribution >= 4 is 0 Å². The fraction of sp³-hybridized carbons (Fsp3) is 1.00. The summed E-state index contributed by atoms with van der Waals surface area (Å²) < 4.78 is 9.63. The molecule has 3 N–H and O–H groups in total. The van der Waals surface area contributed by atoms with Crippen LogP contribution in [0.15, 0.2) is 0 Å². The number of hydrogen-bond donors (Lipinski definition) is 3. The maximum absolute atomic E-state index is 10.9. The Labute approximate surface area is 85.4 Å². The number of quaternary nitrogens is 2. The van der Waals surface area contributed by atoms with Crippen LogP contribution in [-0.2, 0) is 19.1 Å². The van der Waals surface area contributed by atoms with E-state index in [-0.39, 0.29) is 25.4 Å². The summed E-state index contributed by atoms with van der Waals surface area (Å²) in [6, 6.07) is 0. The number of ether oxygens (including phenoxy) is 2. The molecule has 2 saturated heterocycles. The Hall–Kier alpha value is -0.360. The predicted molar refractivity (Wildman–Crippen MR) is 43.2 cm³/mol. The van der Waals surface area contributed by atoms with Crippen molar-refractivity contribution in [2.75, 3.05) is 26.4 Å². The van der Waals surface area contributed by atoms with Crippen molar-refractivity contribution < 1.29 is 29.8 Å². The highest BCUT2D eigenvalue weighted by Crippen LogP contribution is 2.07. The van der Waals surface area contributed by atoms with Gasteiger partial charge in [-0.1, -0.05) is 10.7 Å². The minimum Gasteiger partial charge on any atom is -0.576 e. The van der Waals surface area contributed by atoms with Gasteiger partial charge >= 0.3 is 0 Å². The molecule has 0 aromatic carbocycles. The van der Waals surface area contributed by atoms with Crippen LogP contribution in [0.2, 0.25) is 0 Å². The molecule has 2 aliphatic heterocycles. The lowest BCUT2D eigenvalue weighted by Gasteiger charge is -2.24. The Balaban J connectivity index is 1.48. The predicted octanol–water partition coefficient (Wildman–Crippen LogP) is -4.17. The zero-order valence-corrected chi connectivity index (χ0v) is 7.93. The molecule has 2 fully saturated rings. The number of hydrogen-bond acceptors (Lipinski definition) is 7. The van der Waals surface area contributed by atoms with Gasteiger partial charge in [-0.15, -0.1) is 0 Å². The van der Waals surface area contributed by atoms with Gasteiger partial charge in [0.1, 0.15) is 25.4 Å². The molecule has 0 aliphatic carbocycles. The normalized spacial score (nSPS) is 32.4. The molecule has 0 radical (unpaired) electrons. The number of rotatable bonds is 8. The van der Waals surface area contributed by atoms with Crippen molar-refractivity contribution in [1.29, 1.82) is 0 Å². The van der Waals surface area contributed by atoms with Crippen LogP contribution in [0.3, 0.4) is 0 Å². The lowest BCUT2D eigenvalue weighted by molar-refractivity contribution is -1.27. The molecule has 4 atom stereocenters. The largest absolute Gasteiger partial charge is 0.576 e. The molecule has 0 spiro atoms. The first-order valence-electron chi connectivity index (χ1n) is 4.58. The monoisotopic (exact) mass is 223 g/mol. The van der Waals surface area contributed by atoms with Crippen molar-refractivity contribution in [3.63, 3.8) is 0 Å². The lowest BCUT2D eigenvalue weighted by Crippen LogP contribution is -3.35. The second-order valence-corrected chi connectivity index (χ2v) is 3.23. The SMILES string of the molecule is [O-][NH+](N[NH+]([O-])OCC1CO1)OCC1CO1. The molecule has 2 heterocycles. The maximum Gasteiger partial charge on any atom is 0.138 e. The summed E-state index contributed by atoms with van der Waals surface area (Å²) in [5.74, 6) is 0. The van der Waals surface area contributed by atoms with Crippen LogP contribution in [0.1, 0.15) is 0 Å². The van der Waals surface area contributed by atoms with Gasteiger partial charge in [-0.2, -0.15) is 9.68 Å². The van der Waals surface area contributed by atoms with E-state index in [4.69, 9.17) is 9.47 Å². The summed E-state index contributed by atoms with van der Waals surface area (Å²) in [7, 11) is 0. The van der Waals surface area contributed by atoms with Crippen molar-refractivity contribution in [2.24, 2.45) is 0 Å². The van der Waals surface area contributed by atoms with E-state index in [1.54, 1.807) is 0 Å². The topological polar surface area (TPSA) is 111 Å². The molecular formula is C6H13N3O6. The smallest absolute Gasteiger partial charge is 0.138 e. The first kappa shape index (κ1) is 11.1. The van der Waals surface area contributed by atoms with Crippen LogP contribution in [0.4, 0.5) is 0 Å². The first-order valence-corrected chi connectivity index (χ1v) is 4.58. The Kier molecular flexibility index (Phi) is 3.80. The van der Waals surface area contributed by atoms with E-state index in [0.29, 0.717) is 13.2 Å². The van der Waals surface area contributed by atoms with Crippen molar-refractivity contribution in [2.45, 2.75) is 12.2 Å². The van der Waals surface area contributed by atoms with Gasteiger partial charge in [0.25, 0.3) is 0 Å². The van der Waals surface area contributed by atoms with Gasteiger partial charge in [0, 0.05) is 0 Å². The molecule has 2 aliphatic rings. The molecule has 4 unspecified atom stereocenters. The van der Waals surface area contributed by atoms with E-state index in [1.165, 1.54) is 0 Å². The zero-order chi connectivity index (χ0) is 10.7. The highest BCUT2D eigenvalue weighted by Gasteiger charge is 2.26. The first-order chi connectivity index (χ1) is 7.24. The van der Waals surface area contributed by atoms with Gasteiger partial charge in [-0.05, 0) is 0 Å². The molecular weight excluding hydrogens is 210 g/mol. The summed E-state index contributed by atoms with van der Waals surface area (Å²) in [6.07, 6.45) is -0.0433. The Morgan fingerprint density at radius 2 is 1.47 bits per heavy atom. The summed E-state index contributed by atoms with van der Waals surface area (Å²) in [4.78, 5) is 9.30.